The van der Waals surface area contributed by atoms with Crippen LogP contribution in [0.4, 0.5) is 0 Å². The van der Waals surface area contributed by atoms with E-state index < -0.39 is 5.97 Å². The maximum Gasteiger partial charge on any atom is 0.360 e. The van der Waals surface area contributed by atoms with Crippen LogP contribution < -0.4 is 0 Å². The Balaban J connectivity index is 2.15. The lowest BCUT2D eigenvalue weighted by molar-refractivity contribution is 0.0594. The van der Waals surface area contributed by atoms with Gasteiger partial charge in [0, 0.05) is 19.2 Å². The van der Waals surface area contributed by atoms with Crippen molar-refractivity contribution in [1.82, 2.24) is 9.88 Å². The molecular weight excluding hydrogens is 324 g/mol. The Morgan fingerprint density at radius 1 is 1.20 bits per heavy atom. The van der Waals surface area contributed by atoms with Gasteiger partial charge in [-0.15, -0.1) is 0 Å². The summed E-state index contributed by atoms with van der Waals surface area (Å²) in [4.78, 5) is 29.8. The summed E-state index contributed by atoms with van der Waals surface area (Å²) in [7, 11) is 2.84. The molecule has 1 aromatic carbocycles. The number of methoxy groups -OCH3 is 2. The number of rotatable bonds is 8. The third kappa shape index (κ3) is 4.90. The van der Waals surface area contributed by atoms with Gasteiger partial charge >= 0.3 is 5.97 Å². The van der Waals surface area contributed by atoms with Gasteiger partial charge in [-0.25, -0.2) is 9.78 Å². The van der Waals surface area contributed by atoms with Gasteiger partial charge in [0.1, 0.15) is 6.26 Å². The second-order valence-corrected chi connectivity index (χ2v) is 5.39. The molecule has 0 fully saturated rings. The Morgan fingerprint density at radius 3 is 2.52 bits per heavy atom. The van der Waals surface area contributed by atoms with Crippen molar-refractivity contribution in [3.63, 3.8) is 0 Å². The van der Waals surface area contributed by atoms with E-state index in [-0.39, 0.29) is 24.0 Å². The lowest BCUT2D eigenvalue weighted by Crippen LogP contribution is -2.33. The zero-order chi connectivity index (χ0) is 18.2. The summed E-state index contributed by atoms with van der Waals surface area (Å²) in [6.07, 6.45) is 2.13. The largest absolute Gasteiger partial charge is 0.464 e. The molecule has 0 radical (unpaired) electrons. The van der Waals surface area contributed by atoms with Crippen LogP contribution in [-0.2, 0) is 22.4 Å². The molecule has 0 atom stereocenters. The maximum absolute atomic E-state index is 12.8. The van der Waals surface area contributed by atoms with Crippen LogP contribution in [0.5, 0.6) is 0 Å². The summed E-state index contributed by atoms with van der Waals surface area (Å²) in [5.41, 5.74) is 1.81. The van der Waals surface area contributed by atoms with Crippen molar-refractivity contribution in [2.24, 2.45) is 0 Å². The minimum atomic E-state index is -0.583. The molecule has 0 aliphatic carbocycles. The van der Waals surface area contributed by atoms with Crippen molar-refractivity contribution < 1.29 is 23.5 Å². The number of esters is 1. The highest BCUT2D eigenvalue weighted by Gasteiger charge is 2.20. The van der Waals surface area contributed by atoms with E-state index in [1.165, 1.54) is 13.4 Å². The first-order valence-corrected chi connectivity index (χ1v) is 7.98. The Morgan fingerprint density at radius 2 is 1.92 bits per heavy atom. The van der Waals surface area contributed by atoms with Gasteiger partial charge in [-0.05, 0) is 24.1 Å². The molecular formula is C18H22N2O5. The number of ether oxygens (including phenoxy) is 2. The summed E-state index contributed by atoms with van der Waals surface area (Å²) < 4.78 is 14.9. The standard InChI is InChI=1S/C18H22N2O5/c1-4-13-5-7-14(8-6-13)17(21)20(9-10-23-2)11-16-19-15(12-25-16)18(22)24-3/h5-8,12H,4,9-11H2,1-3H3. The molecule has 0 aliphatic heterocycles. The van der Waals surface area contributed by atoms with Crippen molar-refractivity contribution in [3.05, 3.63) is 53.2 Å². The molecule has 2 rings (SSSR count). The third-order valence-electron chi connectivity index (χ3n) is 3.73. The second-order valence-electron chi connectivity index (χ2n) is 5.39. The smallest absolute Gasteiger partial charge is 0.360 e. The number of aryl methyl sites for hydroxylation is 1. The number of amides is 1. The zero-order valence-electron chi connectivity index (χ0n) is 14.7. The van der Waals surface area contributed by atoms with E-state index in [0.29, 0.717) is 18.7 Å². The monoisotopic (exact) mass is 346 g/mol. The molecule has 25 heavy (non-hydrogen) atoms. The summed E-state index contributed by atoms with van der Waals surface area (Å²) in [5, 5.41) is 0. The van der Waals surface area contributed by atoms with Crippen LogP contribution in [0.1, 0.15) is 39.2 Å². The van der Waals surface area contributed by atoms with Crippen molar-refractivity contribution in [2.75, 3.05) is 27.4 Å². The van der Waals surface area contributed by atoms with Gasteiger partial charge in [0.2, 0.25) is 5.89 Å². The highest BCUT2D eigenvalue weighted by Crippen LogP contribution is 2.12. The molecule has 2 aromatic rings. The van der Waals surface area contributed by atoms with Crippen LogP contribution in [0.3, 0.4) is 0 Å². The predicted octanol–water partition coefficient (Wildman–Crippen LogP) is 2.31. The van der Waals surface area contributed by atoms with Gasteiger partial charge in [0.05, 0.1) is 20.3 Å². The number of oxazole rings is 1. The molecule has 0 N–H and O–H groups in total. The SMILES string of the molecule is CCc1ccc(C(=O)N(CCOC)Cc2nc(C(=O)OC)co2)cc1. The Hall–Kier alpha value is -2.67. The molecule has 1 amide bonds. The molecule has 0 aliphatic rings. The van der Waals surface area contributed by atoms with E-state index in [1.54, 1.807) is 24.1 Å². The first kappa shape index (κ1) is 18.7. The molecule has 7 nitrogen and oxygen atoms in total. The van der Waals surface area contributed by atoms with Crippen LogP contribution in [0, 0.1) is 0 Å². The van der Waals surface area contributed by atoms with Gasteiger partial charge in [-0.3, -0.25) is 4.79 Å². The Kier molecular flexibility index (Phi) is 6.71. The van der Waals surface area contributed by atoms with Crippen molar-refractivity contribution in [2.45, 2.75) is 19.9 Å². The van der Waals surface area contributed by atoms with Gasteiger partial charge in [-0.1, -0.05) is 19.1 Å². The summed E-state index contributed by atoms with van der Waals surface area (Å²) in [6, 6.07) is 7.47. The number of benzene rings is 1. The summed E-state index contributed by atoms with van der Waals surface area (Å²) >= 11 is 0. The van der Waals surface area contributed by atoms with Gasteiger partial charge < -0.3 is 18.8 Å². The minimum absolute atomic E-state index is 0.0731. The average molecular weight is 346 g/mol. The first-order valence-electron chi connectivity index (χ1n) is 7.98. The summed E-state index contributed by atoms with van der Waals surface area (Å²) in [5.74, 6) is -0.479. The average Bonchev–Trinajstić information content (AvgIpc) is 3.12. The lowest BCUT2D eigenvalue weighted by atomic mass is 10.1. The van der Waals surface area contributed by atoms with Gasteiger partial charge in [-0.2, -0.15) is 0 Å². The van der Waals surface area contributed by atoms with Crippen LogP contribution in [0.15, 0.2) is 34.9 Å². The van der Waals surface area contributed by atoms with Crippen LogP contribution >= 0.6 is 0 Å². The number of aromatic nitrogens is 1. The van der Waals surface area contributed by atoms with Gasteiger partial charge in [0.15, 0.2) is 5.69 Å². The maximum atomic E-state index is 12.8. The molecule has 134 valence electrons. The van der Waals surface area contributed by atoms with Crippen molar-refractivity contribution in [3.8, 4) is 0 Å². The molecule has 0 spiro atoms. The predicted molar refractivity (Wildman–Crippen MR) is 90.3 cm³/mol. The Bertz CT molecular complexity index is 709. The van der Waals surface area contributed by atoms with Crippen LogP contribution in [0.2, 0.25) is 0 Å². The molecule has 7 heteroatoms. The fourth-order valence-corrected chi connectivity index (χ4v) is 2.26. The normalized spacial score (nSPS) is 10.5. The van der Waals surface area contributed by atoms with Gasteiger partial charge in [0.25, 0.3) is 5.91 Å². The molecule has 1 aromatic heterocycles. The fourth-order valence-electron chi connectivity index (χ4n) is 2.26. The fraction of sp³-hybridized carbons (Fsp3) is 0.389. The van der Waals surface area contributed by atoms with E-state index in [1.807, 2.05) is 12.1 Å². The van der Waals surface area contributed by atoms with E-state index in [2.05, 4.69) is 16.6 Å². The first-order chi connectivity index (χ1) is 12.1. The zero-order valence-corrected chi connectivity index (χ0v) is 14.7. The quantitative estimate of drug-likeness (QED) is 0.682. The van der Waals surface area contributed by atoms with Crippen molar-refractivity contribution >= 4 is 11.9 Å². The highest BCUT2D eigenvalue weighted by atomic mass is 16.5. The second kappa shape index (κ2) is 8.98. The molecule has 0 saturated heterocycles. The minimum Gasteiger partial charge on any atom is -0.464 e. The summed E-state index contributed by atoms with van der Waals surface area (Å²) in [6.45, 7) is 2.95. The number of carbonyl (C=O) groups excluding carboxylic acids is 2. The number of hydrogen-bond donors (Lipinski definition) is 0. The number of carbonyl (C=O) groups is 2. The topological polar surface area (TPSA) is 81.9 Å². The van der Waals surface area contributed by atoms with E-state index in [0.717, 1.165) is 12.0 Å². The molecule has 0 unspecified atom stereocenters. The van der Waals surface area contributed by atoms with Crippen LogP contribution in [-0.4, -0.2) is 49.1 Å². The van der Waals surface area contributed by atoms with Crippen molar-refractivity contribution in [1.29, 1.82) is 0 Å². The Labute approximate surface area is 146 Å². The van der Waals surface area contributed by atoms with E-state index in [4.69, 9.17) is 9.15 Å². The lowest BCUT2D eigenvalue weighted by Gasteiger charge is -2.21. The molecule has 1 heterocycles. The molecule has 0 bridgehead atoms. The van der Waals surface area contributed by atoms with E-state index >= 15 is 0 Å². The molecule has 0 saturated carbocycles. The number of hydrogen-bond acceptors (Lipinski definition) is 6. The third-order valence-corrected chi connectivity index (χ3v) is 3.73. The van der Waals surface area contributed by atoms with Crippen LogP contribution in [0.25, 0.3) is 0 Å². The number of nitrogens with zero attached hydrogens (tertiary/aromatic N) is 2. The van der Waals surface area contributed by atoms with E-state index in [9.17, 15) is 9.59 Å². The highest BCUT2D eigenvalue weighted by molar-refractivity contribution is 5.94.